The van der Waals surface area contributed by atoms with Gasteiger partial charge in [0.1, 0.15) is 4.90 Å². The molecule has 0 aromatic heterocycles. The van der Waals surface area contributed by atoms with Crippen molar-refractivity contribution in [1.29, 1.82) is 0 Å². The summed E-state index contributed by atoms with van der Waals surface area (Å²) in [6, 6.07) is 13.0. The minimum Gasteiger partial charge on any atom is -0.481 e. The molecule has 2 amide bonds. The van der Waals surface area contributed by atoms with Gasteiger partial charge in [0.05, 0.1) is 30.0 Å². The molecule has 2 aromatic carbocycles. The summed E-state index contributed by atoms with van der Waals surface area (Å²) in [7, 11) is -4.04. The van der Waals surface area contributed by atoms with Crippen molar-refractivity contribution in [3.8, 4) is 0 Å². The lowest BCUT2D eigenvalue weighted by Gasteiger charge is -2.42. The van der Waals surface area contributed by atoms with Gasteiger partial charge in [-0.3, -0.25) is 14.4 Å². The van der Waals surface area contributed by atoms with E-state index in [0.29, 0.717) is 25.8 Å². The maximum Gasteiger partial charge on any atom is 0.307 e. The number of aliphatic carboxylic acids is 1. The lowest BCUT2D eigenvalue weighted by molar-refractivity contribution is -0.153. The Labute approximate surface area is 198 Å². The number of hydrogen-bond acceptors (Lipinski definition) is 5. The molecule has 1 fully saturated rings. The average molecular weight is 483 g/mol. The van der Waals surface area contributed by atoms with E-state index in [4.69, 9.17) is 0 Å². The number of carbonyl (C=O) groups excluding carboxylic acids is 2. The van der Waals surface area contributed by atoms with Crippen molar-refractivity contribution in [1.82, 2.24) is 9.21 Å². The zero-order chi connectivity index (χ0) is 24.0. The Bertz CT molecular complexity index is 1270. The lowest BCUT2D eigenvalue weighted by atomic mass is 9.77. The normalized spacial score (nSPS) is 25.5. The second kappa shape index (κ2) is 8.54. The molecule has 2 aromatic rings. The molecule has 3 unspecified atom stereocenters. The number of sulfonamides is 1. The second-order valence-electron chi connectivity index (χ2n) is 9.17. The van der Waals surface area contributed by atoms with Crippen LogP contribution in [-0.4, -0.2) is 53.6 Å². The van der Waals surface area contributed by atoms with Gasteiger partial charge in [0.2, 0.25) is 5.91 Å². The van der Waals surface area contributed by atoms with Gasteiger partial charge in [-0.2, -0.15) is 0 Å². The highest BCUT2D eigenvalue weighted by atomic mass is 32.2. The molecule has 1 saturated carbocycles. The molecule has 1 aliphatic carbocycles. The summed E-state index contributed by atoms with van der Waals surface area (Å²) in [4.78, 5) is 40.3. The van der Waals surface area contributed by atoms with Crippen molar-refractivity contribution in [2.24, 2.45) is 11.8 Å². The van der Waals surface area contributed by atoms with E-state index in [1.165, 1.54) is 12.1 Å². The highest BCUT2D eigenvalue weighted by Crippen LogP contribution is 2.39. The molecule has 8 nitrogen and oxygen atoms in total. The molecule has 5 rings (SSSR count). The minimum absolute atomic E-state index is 0.0276. The Morgan fingerprint density at radius 2 is 1.65 bits per heavy atom. The maximum absolute atomic E-state index is 13.7. The standard InChI is InChI=1S/C25H26N2O6S/c28-23(18-9-3-4-10-19(18)25(30)31)26-14-13-16-7-1-2-8-17(16)21(26)15-27-24(29)20-11-5-6-12-22(20)34(27,32)33/h1-2,5-8,11-12,18-19,21H,3-4,9-10,13-15H2,(H,30,31). The first-order chi connectivity index (χ1) is 16.3. The van der Waals surface area contributed by atoms with Crippen LogP contribution in [0.15, 0.2) is 53.4 Å². The molecule has 0 bridgehead atoms. The smallest absolute Gasteiger partial charge is 0.307 e. The van der Waals surface area contributed by atoms with Gasteiger partial charge in [-0.1, -0.05) is 49.2 Å². The fourth-order valence-electron chi connectivity index (χ4n) is 5.62. The van der Waals surface area contributed by atoms with Crippen molar-refractivity contribution < 1.29 is 27.9 Å². The molecule has 3 aliphatic rings. The maximum atomic E-state index is 13.7. The van der Waals surface area contributed by atoms with E-state index in [1.807, 2.05) is 24.3 Å². The third-order valence-corrected chi connectivity index (χ3v) is 9.15. The Kier molecular flexibility index (Phi) is 5.67. The molecule has 3 atom stereocenters. The first-order valence-corrected chi connectivity index (χ1v) is 13.0. The Hall–Kier alpha value is -3.20. The summed E-state index contributed by atoms with van der Waals surface area (Å²) in [5.41, 5.74) is 1.92. The molecular formula is C25H26N2O6S. The minimum atomic E-state index is -4.04. The highest BCUT2D eigenvalue weighted by Gasteiger charge is 2.46. The van der Waals surface area contributed by atoms with Crippen molar-refractivity contribution in [2.45, 2.75) is 43.0 Å². The fourth-order valence-corrected chi connectivity index (χ4v) is 7.19. The molecule has 0 spiro atoms. The topological polar surface area (TPSA) is 112 Å². The van der Waals surface area contributed by atoms with Gasteiger partial charge >= 0.3 is 5.97 Å². The molecule has 9 heteroatoms. The van der Waals surface area contributed by atoms with Crippen LogP contribution in [-0.2, 0) is 26.0 Å². The quantitative estimate of drug-likeness (QED) is 0.717. The van der Waals surface area contributed by atoms with Crippen molar-refractivity contribution in [2.75, 3.05) is 13.1 Å². The Morgan fingerprint density at radius 3 is 2.38 bits per heavy atom. The van der Waals surface area contributed by atoms with Crippen LogP contribution in [0.5, 0.6) is 0 Å². The molecule has 34 heavy (non-hydrogen) atoms. The van der Waals surface area contributed by atoms with Crippen molar-refractivity contribution in [3.05, 3.63) is 65.2 Å². The average Bonchev–Trinajstić information content (AvgIpc) is 3.04. The first kappa shape index (κ1) is 22.6. The molecule has 1 N–H and O–H groups in total. The monoisotopic (exact) mass is 482 g/mol. The van der Waals surface area contributed by atoms with Crippen molar-refractivity contribution in [3.63, 3.8) is 0 Å². The third kappa shape index (κ3) is 3.58. The molecule has 178 valence electrons. The van der Waals surface area contributed by atoms with E-state index >= 15 is 0 Å². The highest BCUT2D eigenvalue weighted by molar-refractivity contribution is 7.90. The number of fused-ring (bicyclic) bond motifs is 2. The van der Waals surface area contributed by atoms with Gasteiger partial charge < -0.3 is 10.0 Å². The number of hydrogen-bond donors (Lipinski definition) is 1. The SMILES string of the molecule is O=C(O)C1CCCCC1C(=O)N1CCc2ccccc2C1CN1C(=O)c2ccccc2S1(=O)=O. The largest absolute Gasteiger partial charge is 0.481 e. The second-order valence-corrected chi connectivity index (χ2v) is 11.0. The van der Waals surface area contributed by atoms with Gasteiger partial charge in [0, 0.05) is 6.54 Å². The third-order valence-electron chi connectivity index (χ3n) is 7.35. The Morgan fingerprint density at radius 1 is 0.971 bits per heavy atom. The molecular weight excluding hydrogens is 456 g/mol. The van der Waals surface area contributed by atoms with Gasteiger partial charge in [-0.15, -0.1) is 0 Å². The number of carboxylic acids is 1. The summed E-state index contributed by atoms with van der Waals surface area (Å²) < 4.78 is 27.3. The van der Waals surface area contributed by atoms with E-state index in [1.54, 1.807) is 17.0 Å². The number of carboxylic acid groups (broad SMARTS) is 1. The molecule has 2 aliphatic heterocycles. The van der Waals surface area contributed by atoms with E-state index in [9.17, 15) is 27.9 Å². The van der Waals surface area contributed by atoms with E-state index in [-0.39, 0.29) is 22.9 Å². The number of benzene rings is 2. The predicted molar refractivity (Wildman–Crippen MR) is 122 cm³/mol. The van der Waals surface area contributed by atoms with Crippen LogP contribution >= 0.6 is 0 Å². The number of amides is 2. The van der Waals surface area contributed by atoms with Crippen molar-refractivity contribution >= 4 is 27.8 Å². The van der Waals surface area contributed by atoms with Crippen LogP contribution in [0.4, 0.5) is 0 Å². The fraction of sp³-hybridized carbons (Fsp3) is 0.400. The Balaban J connectivity index is 1.52. The van der Waals surface area contributed by atoms with Crippen LogP contribution in [0.25, 0.3) is 0 Å². The summed E-state index contributed by atoms with van der Waals surface area (Å²) in [5, 5.41) is 9.71. The number of nitrogens with zero attached hydrogens (tertiary/aromatic N) is 2. The van der Waals surface area contributed by atoms with E-state index in [0.717, 1.165) is 28.3 Å². The lowest BCUT2D eigenvalue weighted by Crippen LogP contribution is -2.50. The van der Waals surface area contributed by atoms with Crippen LogP contribution in [0.2, 0.25) is 0 Å². The molecule has 0 radical (unpaired) electrons. The van der Waals surface area contributed by atoms with Gasteiger partial charge in [-0.25, -0.2) is 12.7 Å². The number of carbonyl (C=O) groups is 3. The van der Waals surface area contributed by atoms with Gasteiger partial charge in [0.25, 0.3) is 15.9 Å². The molecule has 0 saturated heterocycles. The summed E-state index contributed by atoms with van der Waals surface area (Å²) in [6.07, 6.45) is 3.08. The van der Waals surface area contributed by atoms with Crippen LogP contribution in [0, 0.1) is 11.8 Å². The summed E-state index contributed by atoms with van der Waals surface area (Å²) in [6.45, 7) is 0.140. The zero-order valence-electron chi connectivity index (χ0n) is 18.6. The number of rotatable bonds is 4. The van der Waals surface area contributed by atoms with E-state index < -0.39 is 39.8 Å². The first-order valence-electron chi connectivity index (χ1n) is 11.6. The summed E-state index contributed by atoms with van der Waals surface area (Å²) >= 11 is 0. The predicted octanol–water partition coefficient (Wildman–Crippen LogP) is 2.85. The van der Waals surface area contributed by atoms with Crippen LogP contribution in [0.3, 0.4) is 0 Å². The van der Waals surface area contributed by atoms with Gasteiger partial charge in [0.15, 0.2) is 0 Å². The van der Waals surface area contributed by atoms with Crippen LogP contribution in [0.1, 0.15) is 53.2 Å². The summed E-state index contributed by atoms with van der Waals surface area (Å²) in [5.74, 6) is -3.25. The van der Waals surface area contributed by atoms with Gasteiger partial charge in [-0.05, 0) is 42.5 Å². The zero-order valence-corrected chi connectivity index (χ0v) is 19.4. The van der Waals surface area contributed by atoms with E-state index in [2.05, 4.69) is 0 Å². The van der Waals surface area contributed by atoms with Crippen LogP contribution < -0.4 is 0 Å². The molecule has 2 heterocycles.